The number of aliphatic hydroxyl groups excluding tert-OH is 1. The van der Waals surface area contributed by atoms with Crippen LogP contribution < -0.4 is 10.4 Å². The van der Waals surface area contributed by atoms with E-state index in [9.17, 15) is 24.6 Å². The smallest absolute Gasteiger partial charge is 0.336 e. The summed E-state index contributed by atoms with van der Waals surface area (Å²) in [5.41, 5.74) is -1.18. The van der Waals surface area contributed by atoms with Gasteiger partial charge in [-0.1, -0.05) is 55.4 Å². The topological polar surface area (TPSA) is 181 Å². The van der Waals surface area contributed by atoms with Crippen molar-refractivity contribution in [3.8, 4) is 0 Å². The van der Waals surface area contributed by atoms with Crippen molar-refractivity contribution in [2.75, 3.05) is 6.54 Å². The first kappa shape index (κ1) is 37.5. The van der Waals surface area contributed by atoms with Gasteiger partial charge in [-0.05, 0) is 97.7 Å². The first-order chi connectivity index (χ1) is 21.8. The zero-order valence-electron chi connectivity index (χ0n) is 30.9. The van der Waals surface area contributed by atoms with Gasteiger partial charge in [0.2, 0.25) is 5.72 Å². The van der Waals surface area contributed by atoms with Gasteiger partial charge in [0, 0.05) is 36.1 Å². The van der Waals surface area contributed by atoms with E-state index in [1.165, 1.54) is 57.9 Å². The minimum atomic E-state index is -2.80. The number of aliphatic carboxylic acids is 3. The molecule has 2 aliphatic heterocycles. The molecule has 0 aromatic carbocycles. The molecule has 6 rings (SSSR count). The second-order valence-corrected chi connectivity index (χ2v) is 19.0. The molecule has 1 unspecified atom stereocenters. The number of carboxylic acid groups (broad SMARTS) is 3. The van der Waals surface area contributed by atoms with Crippen LogP contribution >= 0.6 is 0 Å². The largest absolute Gasteiger partial charge is 0.550 e. The summed E-state index contributed by atoms with van der Waals surface area (Å²) in [6, 6.07) is 0. The maximum absolute atomic E-state index is 10.7. The Morgan fingerprint density at radius 1 is 0.854 bits per heavy atom. The molecule has 274 valence electrons. The third-order valence-electron chi connectivity index (χ3n) is 17.3. The SMILES string of the molecule is C[C@H]1CC[C@]2([NH2+]C1)O[C@@]1(C)C[C@@]3(C)[C@@H]4CC[C@@]5(C)C[C@@H](O)CC[C@]5(C)[C@@]4(C)CC[C@]3(C)[C@@]1(C)[C@@H]2C.O=C([O-])CC(O)(CC(=O)O)C(=O)O. The van der Waals surface area contributed by atoms with Gasteiger partial charge in [0.15, 0.2) is 5.60 Å². The van der Waals surface area contributed by atoms with Crippen molar-refractivity contribution in [3.05, 3.63) is 0 Å². The number of carbonyl (C=O) groups is 3. The van der Waals surface area contributed by atoms with Gasteiger partial charge in [-0.3, -0.25) is 4.79 Å². The van der Waals surface area contributed by atoms with Crippen molar-refractivity contribution >= 4 is 17.9 Å². The van der Waals surface area contributed by atoms with Gasteiger partial charge in [0.1, 0.15) is 0 Å². The van der Waals surface area contributed by atoms with Gasteiger partial charge in [-0.25, -0.2) is 4.79 Å². The highest BCUT2D eigenvalue weighted by molar-refractivity contribution is 5.87. The Bertz CT molecular complexity index is 1310. The Labute approximate surface area is 286 Å². The molecule has 1 spiro atoms. The number of aliphatic hydroxyl groups is 2. The zero-order chi connectivity index (χ0) is 36.1. The van der Waals surface area contributed by atoms with Crippen LogP contribution in [0, 0.1) is 50.2 Å². The number of ether oxygens (including phenoxy) is 1. The van der Waals surface area contributed by atoms with Gasteiger partial charge in [-0.15, -0.1) is 0 Å². The minimum Gasteiger partial charge on any atom is -0.550 e. The van der Waals surface area contributed by atoms with Crippen LogP contribution in [0.5, 0.6) is 0 Å². The molecular formula is C38H63NO9. The molecule has 10 nitrogen and oxygen atoms in total. The summed E-state index contributed by atoms with van der Waals surface area (Å²) in [5, 5.41) is 48.8. The molecule has 6 aliphatic rings. The van der Waals surface area contributed by atoms with E-state index in [-0.39, 0.29) is 33.7 Å². The molecule has 4 saturated carbocycles. The number of hydrogen-bond donors (Lipinski definition) is 5. The van der Waals surface area contributed by atoms with Crippen LogP contribution in [0.4, 0.5) is 0 Å². The number of nitrogens with two attached hydrogens (primary N) is 1. The highest BCUT2D eigenvalue weighted by Gasteiger charge is 2.84. The van der Waals surface area contributed by atoms with Crippen LogP contribution in [0.15, 0.2) is 0 Å². The summed E-state index contributed by atoms with van der Waals surface area (Å²) in [6.45, 7) is 24.7. The van der Waals surface area contributed by atoms with Gasteiger partial charge < -0.3 is 40.4 Å². The fourth-order valence-electron chi connectivity index (χ4n) is 13.8. The Hall–Kier alpha value is -1.75. The van der Waals surface area contributed by atoms with Crippen LogP contribution in [0.3, 0.4) is 0 Å². The fourth-order valence-corrected chi connectivity index (χ4v) is 13.8. The van der Waals surface area contributed by atoms with E-state index in [0.29, 0.717) is 22.2 Å². The number of fused-ring (bicyclic) bond motifs is 7. The van der Waals surface area contributed by atoms with Crippen LogP contribution in [-0.4, -0.2) is 67.9 Å². The highest BCUT2D eigenvalue weighted by Crippen LogP contribution is 2.85. The molecule has 0 radical (unpaired) electrons. The summed E-state index contributed by atoms with van der Waals surface area (Å²) >= 11 is 0. The molecule has 2 heterocycles. The zero-order valence-corrected chi connectivity index (χ0v) is 30.9. The molecule has 6 N–H and O–H groups in total. The monoisotopic (exact) mass is 677 g/mol. The van der Waals surface area contributed by atoms with Crippen LogP contribution in [0.25, 0.3) is 0 Å². The van der Waals surface area contributed by atoms with Gasteiger partial charge >= 0.3 is 11.9 Å². The standard InChI is InChI=1S/C32H55NO2.C6H8O7/c1-21-10-15-32(33-19-21)22(2)31(9)29(7)17-16-26(4)24(27(29,5)20-30(31,8)35-32)12-13-25(3)18-23(34)11-14-28(25,26)6;7-3(8)1-6(13,5(11)12)2-4(9)10/h21-24,33-34H,10-20H2,1-9H3;13H,1-2H2,(H,7,8)(H,9,10)(H,11,12)/t21-,22-,23-,24+,25-,26-,27-,28-,29-,30-,31+,32-;/m0./s1. The predicted molar refractivity (Wildman–Crippen MR) is 176 cm³/mol. The molecule has 6 fully saturated rings. The van der Waals surface area contributed by atoms with Gasteiger partial charge in [0.25, 0.3) is 0 Å². The number of piperidine rings is 1. The van der Waals surface area contributed by atoms with Crippen molar-refractivity contribution in [1.82, 2.24) is 0 Å². The van der Waals surface area contributed by atoms with Gasteiger partial charge in [0.05, 0.1) is 24.7 Å². The van der Waals surface area contributed by atoms with Crippen LogP contribution in [0.1, 0.15) is 139 Å². The number of rotatable bonds is 5. The average molecular weight is 678 g/mol. The summed E-state index contributed by atoms with van der Waals surface area (Å²) in [6.07, 6.45) is 9.70. The molecule has 0 bridgehead atoms. The molecule has 0 aromatic heterocycles. The molecule has 4 aliphatic carbocycles. The summed E-state index contributed by atoms with van der Waals surface area (Å²) in [7, 11) is 0. The first-order valence-electron chi connectivity index (χ1n) is 18.4. The number of carbonyl (C=O) groups excluding carboxylic acids is 1. The number of hydrogen-bond acceptors (Lipinski definition) is 7. The maximum atomic E-state index is 10.7. The molecule has 48 heavy (non-hydrogen) atoms. The Balaban J connectivity index is 0.000000296. The van der Waals surface area contributed by atoms with Crippen molar-refractivity contribution in [3.63, 3.8) is 0 Å². The minimum absolute atomic E-state index is 0.0161. The van der Waals surface area contributed by atoms with E-state index in [1.54, 1.807) is 0 Å². The third kappa shape index (κ3) is 4.80. The summed E-state index contributed by atoms with van der Waals surface area (Å²) in [5.74, 6) is -3.22. The molecule has 0 aromatic rings. The predicted octanol–water partition coefficient (Wildman–Crippen LogP) is 3.71. The van der Waals surface area contributed by atoms with Crippen molar-refractivity contribution in [2.45, 2.75) is 162 Å². The van der Waals surface area contributed by atoms with E-state index in [1.807, 2.05) is 0 Å². The maximum Gasteiger partial charge on any atom is 0.336 e. The van der Waals surface area contributed by atoms with Gasteiger partial charge in [-0.2, -0.15) is 0 Å². The first-order valence-corrected chi connectivity index (χ1v) is 18.4. The lowest BCUT2D eigenvalue weighted by Crippen LogP contribution is -3.01. The Kier molecular flexibility index (Phi) is 8.89. The Morgan fingerprint density at radius 2 is 1.50 bits per heavy atom. The summed E-state index contributed by atoms with van der Waals surface area (Å²) in [4.78, 5) is 30.3. The second kappa shape index (κ2) is 11.4. The molecule has 2 saturated heterocycles. The van der Waals surface area contributed by atoms with Crippen molar-refractivity contribution < 1.29 is 50.0 Å². The lowest BCUT2D eigenvalue weighted by Gasteiger charge is -2.73. The van der Waals surface area contributed by atoms with E-state index < -0.39 is 36.4 Å². The average Bonchev–Trinajstić information content (AvgIpc) is 3.20. The van der Waals surface area contributed by atoms with Crippen LogP contribution in [-0.2, 0) is 19.1 Å². The molecule has 13 atom stereocenters. The van der Waals surface area contributed by atoms with E-state index in [4.69, 9.17) is 20.1 Å². The third-order valence-corrected chi connectivity index (χ3v) is 17.3. The fraction of sp³-hybridized carbons (Fsp3) is 0.921. The summed E-state index contributed by atoms with van der Waals surface area (Å²) < 4.78 is 7.48. The molecule has 10 heteroatoms. The van der Waals surface area contributed by atoms with Crippen LogP contribution in [0.2, 0.25) is 0 Å². The lowest BCUT2D eigenvalue weighted by molar-refractivity contribution is -0.788. The quantitative estimate of drug-likeness (QED) is 0.290. The molecule has 0 amide bonds. The normalized spacial score (nSPS) is 52.1. The highest BCUT2D eigenvalue weighted by atomic mass is 16.5. The van der Waals surface area contributed by atoms with E-state index in [0.717, 1.165) is 24.7 Å². The second-order valence-electron chi connectivity index (χ2n) is 19.0. The van der Waals surface area contributed by atoms with E-state index >= 15 is 0 Å². The number of carboxylic acids is 3. The number of quaternary nitrogens is 1. The Morgan fingerprint density at radius 3 is 2.04 bits per heavy atom. The van der Waals surface area contributed by atoms with Crippen molar-refractivity contribution in [1.29, 1.82) is 0 Å². The van der Waals surface area contributed by atoms with Crippen molar-refractivity contribution in [2.24, 2.45) is 50.2 Å². The lowest BCUT2D eigenvalue weighted by atomic mass is 9.31. The molecular weight excluding hydrogens is 614 g/mol. The van der Waals surface area contributed by atoms with E-state index in [2.05, 4.69) is 67.6 Å².